The van der Waals surface area contributed by atoms with Gasteiger partial charge in [-0.25, -0.2) is 4.98 Å². The number of aryl methyl sites for hydroxylation is 1. The molecule has 1 aromatic carbocycles. The normalized spacial score (nSPS) is 11.6. The van der Waals surface area contributed by atoms with Crippen LogP contribution in [0.25, 0.3) is 11.3 Å². The first-order chi connectivity index (χ1) is 9.00. The van der Waals surface area contributed by atoms with Crippen LogP contribution < -0.4 is 5.32 Å². The molecular formula is C15H20N2OS. The summed E-state index contributed by atoms with van der Waals surface area (Å²) in [5.74, 6) is 0. The van der Waals surface area contributed by atoms with E-state index < -0.39 is 0 Å². The summed E-state index contributed by atoms with van der Waals surface area (Å²) >= 11 is 1.66. The van der Waals surface area contributed by atoms with Crippen molar-refractivity contribution in [2.75, 3.05) is 18.5 Å². The molecule has 2 aromatic rings. The lowest BCUT2D eigenvalue weighted by Gasteiger charge is -2.22. The molecule has 0 saturated heterocycles. The minimum absolute atomic E-state index is 0.118. The highest BCUT2D eigenvalue weighted by Gasteiger charge is 2.15. The van der Waals surface area contributed by atoms with Crippen molar-refractivity contribution in [3.05, 3.63) is 34.7 Å². The summed E-state index contributed by atoms with van der Waals surface area (Å²) in [6.07, 6.45) is 0. The van der Waals surface area contributed by atoms with Gasteiger partial charge in [0.2, 0.25) is 0 Å². The lowest BCUT2D eigenvalue weighted by Crippen LogP contribution is -2.26. The van der Waals surface area contributed by atoms with E-state index in [0.717, 1.165) is 28.5 Å². The monoisotopic (exact) mass is 276 g/mol. The van der Waals surface area contributed by atoms with Crippen molar-refractivity contribution in [2.45, 2.75) is 20.8 Å². The van der Waals surface area contributed by atoms with Crippen LogP contribution >= 0.6 is 11.3 Å². The largest absolute Gasteiger partial charge is 0.396 e. The fourth-order valence-electron chi connectivity index (χ4n) is 1.68. The first-order valence-electron chi connectivity index (χ1n) is 6.37. The van der Waals surface area contributed by atoms with Gasteiger partial charge < -0.3 is 10.4 Å². The summed E-state index contributed by atoms with van der Waals surface area (Å²) in [5.41, 5.74) is 3.08. The second-order valence-corrected chi connectivity index (χ2v) is 6.57. The van der Waals surface area contributed by atoms with Gasteiger partial charge in [0.25, 0.3) is 0 Å². The van der Waals surface area contributed by atoms with Crippen LogP contribution in [0, 0.1) is 12.3 Å². The van der Waals surface area contributed by atoms with E-state index in [1.165, 1.54) is 0 Å². The highest BCUT2D eigenvalue weighted by molar-refractivity contribution is 7.09. The van der Waals surface area contributed by atoms with E-state index in [2.05, 4.69) is 27.8 Å². The Morgan fingerprint density at radius 3 is 2.79 bits per heavy atom. The fraction of sp³-hybridized carbons (Fsp3) is 0.400. The van der Waals surface area contributed by atoms with E-state index >= 15 is 0 Å². The number of benzene rings is 1. The van der Waals surface area contributed by atoms with Gasteiger partial charge in [-0.3, -0.25) is 0 Å². The molecule has 1 aromatic heterocycles. The highest BCUT2D eigenvalue weighted by atomic mass is 32.1. The Bertz CT molecular complexity index is 549. The Labute approximate surface area is 118 Å². The lowest BCUT2D eigenvalue weighted by molar-refractivity contribution is 0.171. The molecule has 19 heavy (non-hydrogen) atoms. The minimum atomic E-state index is -0.118. The Morgan fingerprint density at radius 2 is 2.16 bits per heavy atom. The van der Waals surface area contributed by atoms with E-state index in [0.29, 0.717) is 0 Å². The van der Waals surface area contributed by atoms with Crippen molar-refractivity contribution in [1.82, 2.24) is 4.98 Å². The van der Waals surface area contributed by atoms with Crippen LogP contribution in [0.2, 0.25) is 0 Å². The summed E-state index contributed by atoms with van der Waals surface area (Å²) in [6.45, 7) is 7.00. The molecule has 0 amide bonds. The number of aliphatic hydroxyl groups excluding tert-OH is 1. The topological polar surface area (TPSA) is 45.2 Å². The number of hydrogen-bond acceptors (Lipinski definition) is 4. The number of rotatable bonds is 5. The summed E-state index contributed by atoms with van der Waals surface area (Å²) in [5, 5.41) is 15.8. The Hall–Kier alpha value is -1.39. The molecular weight excluding hydrogens is 256 g/mol. The molecule has 0 aliphatic carbocycles. The van der Waals surface area contributed by atoms with E-state index in [1.54, 1.807) is 11.3 Å². The molecule has 2 N–H and O–H groups in total. The Balaban J connectivity index is 2.12. The van der Waals surface area contributed by atoms with Gasteiger partial charge in [-0.15, -0.1) is 11.3 Å². The quantitative estimate of drug-likeness (QED) is 0.878. The van der Waals surface area contributed by atoms with Gasteiger partial charge in [0, 0.05) is 35.2 Å². The third-order valence-corrected chi connectivity index (χ3v) is 3.75. The van der Waals surface area contributed by atoms with Crippen LogP contribution in [-0.2, 0) is 0 Å². The molecule has 0 spiro atoms. The van der Waals surface area contributed by atoms with Crippen LogP contribution in [0.15, 0.2) is 29.6 Å². The molecule has 0 unspecified atom stereocenters. The van der Waals surface area contributed by atoms with Gasteiger partial charge in [0.05, 0.1) is 10.7 Å². The third-order valence-electron chi connectivity index (χ3n) is 2.98. The van der Waals surface area contributed by atoms with Crippen molar-refractivity contribution in [2.24, 2.45) is 5.41 Å². The number of aromatic nitrogens is 1. The molecule has 0 saturated carbocycles. The second-order valence-electron chi connectivity index (χ2n) is 5.51. The Kier molecular flexibility index (Phi) is 4.22. The molecule has 2 rings (SSSR count). The first-order valence-corrected chi connectivity index (χ1v) is 7.25. The number of hydrogen-bond donors (Lipinski definition) is 2. The summed E-state index contributed by atoms with van der Waals surface area (Å²) in [4.78, 5) is 4.50. The number of thiazole rings is 1. The fourth-order valence-corrected chi connectivity index (χ4v) is 2.30. The summed E-state index contributed by atoms with van der Waals surface area (Å²) in [7, 11) is 0. The molecule has 0 aliphatic rings. The number of nitrogens with zero attached hydrogens (tertiary/aromatic N) is 1. The third kappa shape index (κ3) is 3.78. The minimum Gasteiger partial charge on any atom is -0.396 e. The predicted octanol–water partition coefficient (Wildman–Crippen LogP) is 3.55. The van der Waals surface area contributed by atoms with E-state index in [1.807, 2.05) is 32.9 Å². The smallest absolute Gasteiger partial charge is 0.0901 e. The van der Waals surface area contributed by atoms with Gasteiger partial charge in [0.15, 0.2) is 0 Å². The van der Waals surface area contributed by atoms with Gasteiger partial charge in [-0.05, 0) is 19.1 Å². The zero-order valence-corrected chi connectivity index (χ0v) is 12.4. The summed E-state index contributed by atoms with van der Waals surface area (Å²) < 4.78 is 0. The Morgan fingerprint density at radius 1 is 1.37 bits per heavy atom. The molecule has 0 bridgehead atoms. The van der Waals surface area contributed by atoms with Gasteiger partial charge >= 0.3 is 0 Å². The molecule has 0 fully saturated rings. The van der Waals surface area contributed by atoms with Gasteiger partial charge in [0.1, 0.15) is 0 Å². The molecule has 1 heterocycles. The zero-order chi connectivity index (χ0) is 13.9. The van der Waals surface area contributed by atoms with Gasteiger partial charge in [-0.1, -0.05) is 26.0 Å². The SMILES string of the molecule is Cc1nc(-c2cccc(NCC(C)(C)CO)c2)cs1. The average molecular weight is 276 g/mol. The van der Waals surface area contributed by atoms with Crippen molar-refractivity contribution >= 4 is 17.0 Å². The molecule has 102 valence electrons. The van der Waals surface area contributed by atoms with Crippen molar-refractivity contribution in [3.63, 3.8) is 0 Å². The lowest BCUT2D eigenvalue weighted by atomic mass is 9.95. The predicted molar refractivity (Wildman–Crippen MR) is 81.6 cm³/mol. The maximum Gasteiger partial charge on any atom is 0.0901 e. The van der Waals surface area contributed by atoms with Crippen molar-refractivity contribution in [1.29, 1.82) is 0 Å². The maximum absolute atomic E-state index is 9.26. The van der Waals surface area contributed by atoms with Crippen LogP contribution in [0.4, 0.5) is 5.69 Å². The van der Waals surface area contributed by atoms with E-state index in [9.17, 15) is 5.11 Å². The van der Waals surface area contributed by atoms with Crippen molar-refractivity contribution < 1.29 is 5.11 Å². The van der Waals surface area contributed by atoms with E-state index in [4.69, 9.17) is 0 Å². The van der Waals surface area contributed by atoms with E-state index in [-0.39, 0.29) is 12.0 Å². The highest BCUT2D eigenvalue weighted by Crippen LogP contribution is 2.25. The van der Waals surface area contributed by atoms with Gasteiger partial charge in [-0.2, -0.15) is 0 Å². The van der Waals surface area contributed by atoms with Crippen LogP contribution in [-0.4, -0.2) is 23.2 Å². The molecule has 4 heteroatoms. The number of aliphatic hydroxyl groups is 1. The molecule has 3 nitrogen and oxygen atoms in total. The van der Waals surface area contributed by atoms with Crippen LogP contribution in [0.5, 0.6) is 0 Å². The average Bonchev–Trinajstić information content (AvgIpc) is 2.84. The second kappa shape index (κ2) is 5.72. The first kappa shape index (κ1) is 14.0. The molecule has 0 aliphatic heterocycles. The molecule has 0 atom stereocenters. The maximum atomic E-state index is 9.26. The number of nitrogens with one attached hydrogen (secondary N) is 1. The summed E-state index contributed by atoms with van der Waals surface area (Å²) in [6, 6.07) is 8.23. The standard InChI is InChI=1S/C15H20N2OS/c1-11-17-14(8-19-11)12-5-4-6-13(7-12)16-9-15(2,3)10-18/h4-8,16,18H,9-10H2,1-3H3. The van der Waals surface area contributed by atoms with Crippen LogP contribution in [0.3, 0.4) is 0 Å². The zero-order valence-electron chi connectivity index (χ0n) is 11.6. The van der Waals surface area contributed by atoms with Crippen molar-refractivity contribution in [3.8, 4) is 11.3 Å². The molecule has 0 radical (unpaired) electrons. The number of anilines is 1. The van der Waals surface area contributed by atoms with Crippen LogP contribution in [0.1, 0.15) is 18.9 Å².